The topological polar surface area (TPSA) is 57.6 Å². The minimum Gasteiger partial charge on any atom is -0.481 e. The lowest BCUT2D eigenvalue weighted by Crippen LogP contribution is -2.32. The van der Waals surface area contributed by atoms with Crippen molar-refractivity contribution in [2.45, 2.75) is 26.8 Å². The van der Waals surface area contributed by atoms with Crippen molar-refractivity contribution in [2.75, 3.05) is 7.05 Å². The first-order valence-electron chi connectivity index (χ1n) is 6.93. The lowest BCUT2D eigenvalue weighted by Gasteiger charge is -2.26. The van der Waals surface area contributed by atoms with Gasteiger partial charge >= 0.3 is 5.97 Å². The molecule has 1 unspecified atom stereocenters. The largest absolute Gasteiger partial charge is 0.481 e. The molecule has 1 amide bonds. The van der Waals surface area contributed by atoms with Crippen molar-refractivity contribution in [3.05, 3.63) is 34.9 Å². The van der Waals surface area contributed by atoms with Crippen molar-refractivity contribution >= 4 is 23.5 Å². The van der Waals surface area contributed by atoms with Gasteiger partial charge in [0.05, 0.1) is 17.9 Å². The molecular weight excluding hydrogens is 290 g/mol. The summed E-state index contributed by atoms with van der Waals surface area (Å²) in [5.41, 5.74) is 0.453. The van der Waals surface area contributed by atoms with Crippen LogP contribution in [0.4, 0.5) is 0 Å². The van der Waals surface area contributed by atoms with Gasteiger partial charge in [0.25, 0.3) is 0 Å². The van der Waals surface area contributed by atoms with E-state index in [1.165, 1.54) is 0 Å². The van der Waals surface area contributed by atoms with Crippen LogP contribution in [0, 0.1) is 17.3 Å². The lowest BCUT2D eigenvalue weighted by atomic mass is 10.1. The molecular formula is C16H20ClNO3. The summed E-state index contributed by atoms with van der Waals surface area (Å²) in [6, 6.07) is 7.20. The molecule has 1 N–H and O–H groups in total. The summed E-state index contributed by atoms with van der Waals surface area (Å²) >= 11 is 5.98. The fraction of sp³-hybridized carbons (Fsp3) is 0.500. The second kappa shape index (κ2) is 5.34. The molecule has 0 saturated heterocycles. The maximum atomic E-state index is 12.6. The van der Waals surface area contributed by atoms with E-state index in [4.69, 9.17) is 11.6 Å². The molecule has 1 aromatic rings. The van der Waals surface area contributed by atoms with Crippen LogP contribution in [-0.4, -0.2) is 28.9 Å². The van der Waals surface area contributed by atoms with Crippen LogP contribution >= 0.6 is 11.6 Å². The van der Waals surface area contributed by atoms with Gasteiger partial charge in [-0.15, -0.1) is 0 Å². The summed E-state index contributed by atoms with van der Waals surface area (Å²) in [4.78, 5) is 25.4. The highest BCUT2D eigenvalue weighted by Crippen LogP contribution is 2.59. The second-order valence-corrected chi connectivity index (χ2v) is 6.73. The zero-order valence-corrected chi connectivity index (χ0v) is 13.4. The van der Waals surface area contributed by atoms with Crippen molar-refractivity contribution in [1.82, 2.24) is 4.90 Å². The summed E-state index contributed by atoms with van der Waals surface area (Å²) in [6.07, 6.45) is 0. The Morgan fingerprint density at radius 1 is 1.33 bits per heavy atom. The Morgan fingerprint density at radius 2 is 1.95 bits per heavy atom. The molecule has 0 spiro atoms. The molecule has 1 saturated carbocycles. The number of hydrogen-bond acceptors (Lipinski definition) is 2. The highest BCUT2D eigenvalue weighted by Gasteiger charge is 2.66. The Labute approximate surface area is 129 Å². The van der Waals surface area contributed by atoms with Crippen LogP contribution in [-0.2, 0) is 9.59 Å². The number of rotatable bonds is 4. The number of benzene rings is 1. The SMILES string of the molecule is CC(c1cccc(Cl)c1)N(C)C(=O)[C@H]1[C@@H](C(=O)O)C1(C)C. The quantitative estimate of drug-likeness (QED) is 0.929. The Kier molecular flexibility index (Phi) is 4.02. The van der Waals surface area contributed by atoms with Crippen LogP contribution in [0.2, 0.25) is 5.02 Å². The molecule has 1 aromatic carbocycles. The number of aliphatic carboxylic acids is 1. The van der Waals surface area contributed by atoms with Gasteiger partial charge in [0.2, 0.25) is 5.91 Å². The van der Waals surface area contributed by atoms with Crippen LogP contribution in [0.25, 0.3) is 0 Å². The Morgan fingerprint density at radius 3 is 2.43 bits per heavy atom. The van der Waals surface area contributed by atoms with Gasteiger partial charge in [0, 0.05) is 12.1 Å². The maximum Gasteiger partial charge on any atom is 0.307 e. The minimum absolute atomic E-state index is 0.125. The highest BCUT2D eigenvalue weighted by molar-refractivity contribution is 6.30. The third-order valence-electron chi connectivity index (χ3n) is 4.62. The smallest absolute Gasteiger partial charge is 0.307 e. The van der Waals surface area contributed by atoms with E-state index in [9.17, 15) is 14.7 Å². The van der Waals surface area contributed by atoms with Crippen molar-refractivity contribution in [3.63, 3.8) is 0 Å². The van der Waals surface area contributed by atoms with Crippen molar-refractivity contribution in [3.8, 4) is 0 Å². The number of carboxylic acids is 1. The van der Waals surface area contributed by atoms with E-state index in [-0.39, 0.29) is 11.9 Å². The van der Waals surface area contributed by atoms with E-state index in [1.807, 2.05) is 39.0 Å². The number of amides is 1. The predicted octanol–water partition coefficient (Wildman–Crippen LogP) is 3.22. The molecule has 0 aromatic heterocycles. The van der Waals surface area contributed by atoms with Crippen LogP contribution in [0.5, 0.6) is 0 Å². The minimum atomic E-state index is -0.901. The van der Waals surface area contributed by atoms with Crippen LogP contribution in [0.15, 0.2) is 24.3 Å². The fourth-order valence-electron chi connectivity index (χ4n) is 2.96. The second-order valence-electron chi connectivity index (χ2n) is 6.30. The number of carboxylic acid groups (broad SMARTS) is 1. The molecule has 0 aliphatic heterocycles. The van der Waals surface area contributed by atoms with E-state index in [2.05, 4.69) is 0 Å². The monoisotopic (exact) mass is 309 g/mol. The standard InChI is InChI=1S/C16H20ClNO3/c1-9(10-6-5-7-11(17)8-10)18(4)14(19)12-13(15(20)21)16(12,2)3/h5-9,12-13H,1-4H3,(H,20,21)/t9?,12-,13+/m1/s1. The van der Waals surface area contributed by atoms with Gasteiger partial charge in [-0.25, -0.2) is 0 Å². The molecule has 0 heterocycles. The fourth-order valence-corrected chi connectivity index (χ4v) is 3.16. The van der Waals surface area contributed by atoms with E-state index < -0.39 is 23.2 Å². The van der Waals surface area contributed by atoms with Crippen molar-refractivity contribution < 1.29 is 14.7 Å². The molecule has 1 aliphatic rings. The average molecular weight is 310 g/mol. The Hall–Kier alpha value is -1.55. The summed E-state index contributed by atoms with van der Waals surface area (Å²) in [5.74, 6) is -2.08. The van der Waals surface area contributed by atoms with Gasteiger partial charge in [-0.1, -0.05) is 37.6 Å². The molecule has 0 radical (unpaired) electrons. The summed E-state index contributed by atoms with van der Waals surface area (Å²) in [5, 5.41) is 9.81. The first-order chi connectivity index (χ1) is 9.67. The molecule has 3 atom stereocenters. The van der Waals surface area contributed by atoms with Crippen molar-refractivity contribution in [2.24, 2.45) is 17.3 Å². The van der Waals surface area contributed by atoms with E-state index in [1.54, 1.807) is 18.0 Å². The molecule has 2 rings (SSSR count). The molecule has 4 nitrogen and oxygen atoms in total. The normalized spacial score (nSPS) is 24.2. The lowest BCUT2D eigenvalue weighted by molar-refractivity contribution is -0.142. The Balaban J connectivity index is 2.15. The molecule has 0 bridgehead atoms. The number of nitrogens with zero attached hydrogens (tertiary/aromatic N) is 1. The van der Waals surface area contributed by atoms with Crippen LogP contribution < -0.4 is 0 Å². The third-order valence-corrected chi connectivity index (χ3v) is 4.85. The van der Waals surface area contributed by atoms with Gasteiger partial charge in [0.1, 0.15) is 0 Å². The molecule has 114 valence electrons. The van der Waals surface area contributed by atoms with Gasteiger partial charge in [0.15, 0.2) is 0 Å². The van der Waals surface area contributed by atoms with Gasteiger partial charge in [-0.2, -0.15) is 0 Å². The first-order valence-corrected chi connectivity index (χ1v) is 7.30. The van der Waals surface area contributed by atoms with E-state index in [0.717, 1.165) is 5.56 Å². The van der Waals surface area contributed by atoms with Crippen LogP contribution in [0.1, 0.15) is 32.4 Å². The van der Waals surface area contributed by atoms with Crippen LogP contribution in [0.3, 0.4) is 0 Å². The molecule has 1 aliphatic carbocycles. The van der Waals surface area contributed by atoms with Gasteiger partial charge < -0.3 is 10.0 Å². The van der Waals surface area contributed by atoms with Crippen molar-refractivity contribution in [1.29, 1.82) is 0 Å². The summed E-state index contributed by atoms with van der Waals surface area (Å²) < 4.78 is 0. The zero-order chi connectivity index (χ0) is 15.9. The molecule has 1 fully saturated rings. The maximum absolute atomic E-state index is 12.6. The zero-order valence-electron chi connectivity index (χ0n) is 12.6. The number of halogens is 1. The summed E-state index contributed by atoms with van der Waals surface area (Å²) in [7, 11) is 1.71. The van der Waals surface area contributed by atoms with Gasteiger partial charge in [-0.05, 0) is 30.0 Å². The molecule has 5 heteroatoms. The average Bonchev–Trinajstić information content (AvgIpc) is 2.99. The van der Waals surface area contributed by atoms with Gasteiger partial charge in [-0.3, -0.25) is 9.59 Å². The van der Waals surface area contributed by atoms with E-state index in [0.29, 0.717) is 5.02 Å². The summed E-state index contributed by atoms with van der Waals surface area (Å²) in [6.45, 7) is 5.56. The molecule has 21 heavy (non-hydrogen) atoms. The number of hydrogen-bond donors (Lipinski definition) is 1. The Bertz CT molecular complexity index is 585. The highest BCUT2D eigenvalue weighted by atomic mass is 35.5. The first kappa shape index (κ1) is 15.8. The van der Waals surface area contributed by atoms with E-state index >= 15 is 0 Å². The number of carbonyl (C=O) groups is 2. The number of carbonyl (C=O) groups excluding carboxylic acids is 1. The third kappa shape index (κ3) is 2.77. The predicted molar refractivity (Wildman–Crippen MR) is 81.0 cm³/mol.